The summed E-state index contributed by atoms with van der Waals surface area (Å²) in [4.78, 5) is 5.00. The number of hydrogen-bond acceptors (Lipinski definition) is 4. The predicted octanol–water partition coefficient (Wildman–Crippen LogP) is 0.247. The number of rotatable bonds is 5. The molecule has 1 aliphatic heterocycles. The average molecular weight is 229 g/mol. The first-order valence-corrected chi connectivity index (χ1v) is 6.26. The van der Waals surface area contributed by atoms with Crippen LogP contribution < -0.4 is 5.32 Å². The zero-order valence-electron chi connectivity index (χ0n) is 11.2. The molecule has 0 aromatic rings. The van der Waals surface area contributed by atoms with Crippen LogP contribution in [0, 0.1) is 0 Å². The Kier molecular flexibility index (Phi) is 6.28. The normalized spacial score (nSPS) is 26.6. The number of hydrogen-bond donors (Lipinski definition) is 1. The summed E-state index contributed by atoms with van der Waals surface area (Å²) in [5.74, 6) is 0. The highest BCUT2D eigenvalue weighted by atomic mass is 16.5. The molecule has 1 heterocycles. The summed E-state index contributed by atoms with van der Waals surface area (Å²) < 4.78 is 5.22. The van der Waals surface area contributed by atoms with Crippen molar-refractivity contribution < 1.29 is 4.74 Å². The second-order valence-electron chi connectivity index (χ2n) is 4.90. The maximum atomic E-state index is 5.22. The number of nitrogens with zero attached hydrogens (tertiary/aromatic N) is 2. The molecule has 0 radical (unpaired) electrons. The van der Waals surface area contributed by atoms with E-state index < -0.39 is 0 Å². The molecule has 0 amide bonds. The van der Waals surface area contributed by atoms with Gasteiger partial charge in [0.05, 0.1) is 6.61 Å². The van der Waals surface area contributed by atoms with Crippen molar-refractivity contribution in [2.45, 2.75) is 25.4 Å². The highest BCUT2D eigenvalue weighted by Crippen LogP contribution is 2.09. The molecular formula is C12H27N3O. The Balaban J connectivity index is 2.44. The van der Waals surface area contributed by atoms with Gasteiger partial charge in [-0.3, -0.25) is 4.90 Å². The lowest BCUT2D eigenvalue weighted by atomic mass is 10.2. The molecule has 0 bridgehead atoms. The van der Waals surface area contributed by atoms with E-state index in [9.17, 15) is 0 Å². The first-order valence-electron chi connectivity index (χ1n) is 6.26. The van der Waals surface area contributed by atoms with Crippen molar-refractivity contribution in [1.82, 2.24) is 15.1 Å². The van der Waals surface area contributed by atoms with Gasteiger partial charge in [0.25, 0.3) is 0 Å². The molecule has 0 saturated carbocycles. The summed E-state index contributed by atoms with van der Waals surface area (Å²) in [6.45, 7) is 7.78. The second kappa shape index (κ2) is 7.22. The Hall–Kier alpha value is -0.160. The van der Waals surface area contributed by atoms with Gasteiger partial charge in [0.2, 0.25) is 0 Å². The molecule has 1 N–H and O–H groups in total. The zero-order chi connectivity index (χ0) is 12.0. The SMILES string of the molecule is CNC(COC)CN1CCCN(C)CC1C. The summed E-state index contributed by atoms with van der Waals surface area (Å²) in [7, 11) is 5.99. The van der Waals surface area contributed by atoms with E-state index >= 15 is 0 Å². The van der Waals surface area contributed by atoms with E-state index in [1.165, 1.54) is 26.1 Å². The van der Waals surface area contributed by atoms with Crippen LogP contribution in [0.25, 0.3) is 0 Å². The number of ether oxygens (including phenoxy) is 1. The Bertz CT molecular complexity index is 189. The van der Waals surface area contributed by atoms with Crippen molar-refractivity contribution in [3.05, 3.63) is 0 Å². The lowest BCUT2D eigenvalue weighted by molar-refractivity contribution is 0.125. The number of likely N-dealkylation sites (N-methyl/N-ethyl adjacent to an activating group) is 2. The van der Waals surface area contributed by atoms with Crippen LogP contribution in [-0.2, 0) is 4.74 Å². The highest BCUT2D eigenvalue weighted by Gasteiger charge is 2.21. The Morgan fingerprint density at radius 1 is 1.44 bits per heavy atom. The van der Waals surface area contributed by atoms with Gasteiger partial charge in [-0.25, -0.2) is 0 Å². The van der Waals surface area contributed by atoms with Gasteiger partial charge in [0, 0.05) is 32.3 Å². The molecule has 0 aromatic carbocycles. The molecule has 2 atom stereocenters. The van der Waals surface area contributed by atoms with Gasteiger partial charge in [-0.05, 0) is 40.5 Å². The molecule has 1 aliphatic rings. The lowest BCUT2D eigenvalue weighted by Gasteiger charge is -2.31. The zero-order valence-corrected chi connectivity index (χ0v) is 11.2. The molecule has 2 unspecified atom stereocenters. The van der Waals surface area contributed by atoms with Crippen molar-refractivity contribution in [3.63, 3.8) is 0 Å². The molecule has 0 spiro atoms. The van der Waals surface area contributed by atoms with E-state index in [2.05, 4.69) is 29.1 Å². The highest BCUT2D eigenvalue weighted by molar-refractivity contribution is 4.79. The molecule has 1 fully saturated rings. The van der Waals surface area contributed by atoms with Crippen molar-refractivity contribution in [1.29, 1.82) is 0 Å². The van der Waals surface area contributed by atoms with Crippen molar-refractivity contribution in [2.24, 2.45) is 0 Å². The molecule has 4 nitrogen and oxygen atoms in total. The fourth-order valence-electron chi connectivity index (χ4n) is 2.40. The molecule has 0 aromatic heterocycles. The summed E-state index contributed by atoms with van der Waals surface area (Å²) in [5.41, 5.74) is 0. The molecule has 0 aliphatic carbocycles. The predicted molar refractivity (Wildman–Crippen MR) is 67.9 cm³/mol. The van der Waals surface area contributed by atoms with Gasteiger partial charge in [0.1, 0.15) is 0 Å². The van der Waals surface area contributed by atoms with E-state index in [0.29, 0.717) is 12.1 Å². The number of methoxy groups -OCH3 is 1. The molecule has 96 valence electrons. The summed E-state index contributed by atoms with van der Waals surface area (Å²) in [6.07, 6.45) is 1.27. The van der Waals surface area contributed by atoms with Crippen LogP contribution in [0.4, 0.5) is 0 Å². The van der Waals surface area contributed by atoms with E-state index in [0.717, 1.165) is 13.2 Å². The third-order valence-electron chi connectivity index (χ3n) is 3.42. The monoisotopic (exact) mass is 229 g/mol. The Morgan fingerprint density at radius 2 is 2.19 bits per heavy atom. The van der Waals surface area contributed by atoms with Gasteiger partial charge >= 0.3 is 0 Å². The summed E-state index contributed by atoms with van der Waals surface area (Å²) >= 11 is 0. The van der Waals surface area contributed by atoms with Gasteiger partial charge in [-0.1, -0.05) is 0 Å². The van der Waals surface area contributed by atoms with E-state index in [-0.39, 0.29) is 0 Å². The van der Waals surface area contributed by atoms with Crippen molar-refractivity contribution in [2.75, 3.05) is 54.0 Å². The quantitative estimate of drug-likeness (QED) is 0.731. The standard InChI is InChI=1S/C12H27N3O/c1-11-8-14(3)6-5-7-15(11)9-12(13-2)10-16-4/h11-13H,5-10H2,1-4H3. The smallest absolute Gasteiger partial charge is 0.0628 e. The third kappa shape index (κ3) is 4.37. The topological polar surface area (TPSA) is 27.7 Å². The van der Waals surface area contributed by atoms with Crippen molar-refractivity contribution >= 4 is 0 Å². The van der Waals surface area contributed by atoms with Crippen LogP contribution in [0.3, 0.4) is 0 Å². The minimum absolute atomic E-state index is 0.441. The van der Waals surface area contributed by atoms with Gasteiger partial charge < -0.3 is 15.0 Å². The van der Waals surface area contributed by atoms with Crippen molar-refractivity contribution in [3.8, 4) is 0 Å². The molecule has 4 heteroatoms. The van der Waals surface area contributed by atoms with Gasteiger partial charge in [-0.15, -0.1) is 0 Å². The third-order valence-corrected chi connectivity index (χ3v) is 3.42. The first kappa shape index (κ1) is 13.9. The fourth-order valence-corrected chi connectivity index (χ4v) is 2.40. The van der Waals surface area contributed by atoms with E-state index in [1.54, 1.807) is 7.11 Å². The maximum absolute atomic E-state index is 5.22. The van der Waals surface area contributed by atoms with Gasteiger partial charge in [0.15, 0.2) is 0 Å². The second-order valence-corrected chi connectivity index (χ2v) is 4.90. The first-order chi connectivity index (χ1) is 7.67. The molecule has 16 heavy (non-hydrogen) atoms. The van der Waals surface area contributed by atoms with Crippen LogP contribution in [0.5, 0.6) is 0 Å². The summed E-state index contributed by atoms with van der Waals surface area (Å²) in [6, 6.07) is 1.08. The summed E-state index contributed by atoms with van der Waals surface area (Å²) in [5, 5.41) is 3.32. The molecule has 1 saturated heterocycles. The lowest BCUT2D eigenvalue weighted by Crippen LogP contribution is -2.47. The Labute approximate surface area is 99.9 Å². The number of nitrogens with one attached hydrogen (secondary N) is 1. The maximum Gasteiger partial charge on any atom is 0.0628 e. The largest absolute Gasteiger partial charge is 0.383 e. The Morgan fingerprint density at radius 3 is 2.81 bits per heavy atom. The van der Waals surface area contributed by atoms with E-state index in [4.69, 9.17) is 4.74 Å². The minimum Gasteiger partial charge on any atom is -0.383 e. The van der Waals surface area contributed by atoms with Crippen LogP contribution in [0.2, 0.25) is 0 Å². The van der Waals surface area contributed by atoms with Crippen LogP contribution in [-0.4, -0.2) is 75.9 Å². The van der Waals surface area contributed by atoms with Gasteiger partial charge in [-0.2, -0.15) is 0 Å². The van der Waals surface area contributed by atoms with Crippen LogP contribution >= 0.6 is 0 Å². The van der Waals surface area contributed by atoms with Crippen LogP contribution in [0.15, 0.2) is 0 Å². The average Bonchev–Trinajstić information content (AvgIpc) is 2.40. The van der Waals surface area contributed by atoms with E-state index in [1.807, 2.05) is 7.05 Å². The minimum atomic E-state index is 0.441. The fraction of sp³-hybridized carbons (Fsp3) is 1.00. The molecule has 1 rings (SSSR count). The van der Waals surface area contributed by atoms with Crippen LogP contribution in [0.1, 0.15) is 13.3 Å². The molecular weight excluding hydrogens is 202 g/mol.